The summed E-state index contributed by atoms with van der Waals surface area (Å²) in [5.41, 5.74) is 1.74. The molecule has 2 atom stereocenters. The molecule has 3 rings (SSSR count). The Labute approximate surface area is 150 Å². The summed E-state index contributed by atoms with van der Waals surface area (Å²) in [5, 5.41) is 18.6. The Morgan fingerprint density at radius 2 is 1.92 bits per heavy atom. The van der Waals surface area contributed by atoms with Crippen LogP contribution in [0, 0.1) is 0 Å². The van der Waals surface area contributed by atoms with Crippen molar-refractivity contribution in [2.45, 2.75) is 43.7 Å². The van der Waals surface area contributed by atoms with E-state index < -0.39 is 16.0 Å². The molecule has 0 amide bonds. The minimum atomic E-state index is -4.09. The number of nitrogens with two attached hydrogens (primary N) is 1. The van der Waals surface area contributed by atoms with E-state index in [1.807, 2.05) is 16.8 Å². The van der Waals surface area contributed by atoms with Crippen LogP contribution in [0.2, 0.25) is 0 Å². The molecule has 6 nitrogen and oxygen atoms in total. The summed E-state index contributed by atoms with van der Waals surface area (Å²) in [6.45, 7) is 4.12. The second-order valence-corrected chi connectivity index (χ2v) is 8.72. The van der Waals surface area contributed by atoms with Gasteiger partial charge in [-0.05, 0) is 61.2 Å². The highest BCUT2D eigenvalue weighted by atomic mass is 32.2. The lowest BCUT2D eigenvalue weighted by Crippen LogP contribution is -2.33. The van der Waals surface area contributed by atoms with Crippen molar-refractivity contribution < 1.29 is 18.3 Å². The molecule has 1 fully saturated rings. The van der Waals surface area contributed by atoms with Crippen LogP contribution >= 0.6 is 11.3 Å². The monoisotopic (exact) mass is 380 g/mol. The Morgan fingerprint density at radius 3 is 2.40 bits per heavy atom. The molecule has 1 aromatic carbocycles. The third-order valence-corrected chi connectivity index (χ3v) is 6.29. The van der Waals surface area contributed by atoms with Crippen molar-refractivity contribution in [3.8, 4) is 11.1 Å². The third kappa shape index (κ3) is 3.29. The maximum absolute atomic E-state index is 12.2. The summed E-state index contributed by atoms with van der Waals surface area (Å²) in [5.74, 6) is -1.18. The lowest BCUT2D eigenvalue weighted by atomic mass is 10.0. The average molecular weight is 380 g/mol. The van der Waals surface area contributed by atoms with Crippen LogP contribution in [0.3, 0.4) is 0 Å². The van der Waals surface area contributed by atoms with E-state index in [0.717, 1.165) is 24.5 Å². The second kappa shape index (κ2) is 6.44. The van der Waals surface area contributed by atoms with Gasteiger partial charge in [0.1, 0.15) is 0 Å². The first-order valence-electron chi connectivity index (χ1n) is 7.95. The Bertz CT molecular complexity index is 897. The quantitative estimate of drug-likeness (QED) is 0.849. The number of rotatable bonds is 4. The minimum absolute atomic E-state index is 0.0793. The fourth-order valence-electron chi connectivity index (χ4n) is 3.52. The predicted octanol–water partition coefficient (Wildman–Crippen LogP) is 3.14. The number of benzene rings is 1. The van der Waals surface area contributed by atoms with Crippen molar-refractivity contribution in [2.75, 3.05) is 4.90 Å². The van der Waals surface area contributed by atoms with Gasteiger partial charge in [-0.2, -0.15) is 11.3 Å². The molecule has 0 saturated carbocycles. The van der Waals surface area contributed by atoms with Crippen LogP contribution < -0.4 is 10.0 Å². The normalized spacial score (nSPS) is 20.8. The molecule has 1 aliphatic rings. The number of sulfonamides is 1. The van der Waals surface area contributed by atoms with Crippen molar-refractivity contribution in [3.05, 3.63) is 34.5 Å². The maximum Gasteiger partial charge on any atom is 0.335 e. The van der Waals surface area contributed by atoms with E-state index in [0.29, 0.717) is 11.3 Å². The molecule has 3 N–H and O–H groups in total. The van der Waals surface area contributed by atoms with Crippen molar-refractivity contribution >= 4 is 33.0 Å². The molecule has 2 unspecified atom stereocenters. The van der Waals surface area contributed by atoms with Gasteiger partial charge in [0.2, 0.25) is 10.0 Å². The smallest absolute Gasteiger partial charge is 0.335 e. The highest BCUT2D eigenvalue weighted by molar-refractivity contribution is 7.89. The van der Waals surface area contributed by atoms with Crippen LogP contribution in [0.15, 0.2) is 33.9 Å². The molecule has 1 saturated heterocycles. The number of carboxylic acids is 1. The van der Waals surface area contributed by atoms with Crippen LogP contribution in [0.4, 0.5) is 5.69 Å². The minimum Gasteiger partial charge on any atom is -0.478 e. The molecular formula is C17H20N2O4S2. The molecule has 0 radical (unpaired) electrons. The topological polar surface area (TPSA) is 101 Å². The van der Waals surface area contributed by atoms with Gasteiger partial charge in [-0.15, -0.1) is 0 Å². The van der Waals surface area contributed by atoms with Crippen LogP contribution in [0.25, 0.3) is 11.1 Å². The molecule has 1 aliphatic heterocycles. The second-order valence-electron chi connectivity index (χ2n) is 6.41. The zero-order valence-electron chi connectivity index (χ0n) is 14.0. The van der Waals surface area contributed by atoms with Gasteiger partial charge in [-0.3, -0.25) is 0 Å². The zero-order valence-corrected chi connectivity index (χ0v) is 15.6. The van der Waals surface area contributed by atoms with E-state index in [1.54, 1.807) is 6.07 Å². The highest BCUT2D eigenvalue weighted by Gasteiger charge is 2.32. The standard InChI is InChI=1S/C17H20N2O4S2/c1-10-3-4-11(2)19(10)14-7-13(17(20)21)8-15(25(18,22)23)16(14)12-5-6-24-9-12/h5-11H,3-4H2,1-2H3,(H,20,21)(H2,18,22,23). The van der Waals surface area contributed by atoms with Gasteiger partial charge >= 0.3 is 5.97 Å². The number of anilines is 1. The molecule has 25 heavy (non-hydrogen) atoms. The Hall–Kier alpha value is -1.90. The Balaban J connectivity index is 2.38. The number of primary sulfonamides is 1. The third-order valence-electron chi connectivity index (χ3n) is 4.67. The summed E-state index contributed by atoms with van der Waals surface area (Å²) in [6.07, 6.45) is 1.93. The number of carbonyl (C=O) groups is 1. The number of hydrogen-bond acceptors (Lipinski definition) is 5. The SMILES string of the molecule is CC1CCC(C)N1c1cc(C(=O)O)cc(S(N)(=O)=O)c1-c1ccsc1. The molecule has 2 heterocycles. The van der Waals surface area contributed by atoms with E-state index in [-0.39, 0.29) is 22.5 Å². The average Bonchev–Trinajstić information content (AvgIpc) is 3.15. The van der Waals surface area contributed by atoms with E-state index in [2.05, 4.69) is 18.7 Å². The first-order chi connectivity index (χ1) is 11.7. The summed E-state index contributed by atoms with van der Waals surface area (Å²) in [6, 6.07) is 4.90. The molecule has 0 bridgehead atoms. The Morgan fingerprint density at radius 1 is 1.28 bits per heavy atom. The van der Waals surface area contributed by atoms with Crippen molar-refractivity contribution in [3.63, 3.8) is 0 Å². The summed E-state index contributed by atoms with van der Waals surface area (Å²) < 4.78 is 24.4. The predicted molar refractivity (Wildman–Crippen MR) is 98.7 cm³/mol. The van der Waals surface area contributed by atoms with Gasteiger partial charge < -0.3 is 10.0 Å². The Kier molecular flexibility index (Phi) is 4.61. The lowest BCUT2D eigenvalue weighted by Gasteiger charge is -2.31. The van der Waals surface area contributed by atoms with Crippen molar-refractivity contribution in [1.82, 2.24) is 0 Å². The number of thiophene rings is 1. The van der Waals surface area contributed by atoms with E-state index >= 15 is 0 Å². The van der Waals surface area contributed by atoms with Crippen LogP contribution in [0.1, 0.15) is 37.0 Å². The lowest BCUT2D eigenvalue weighted by molar-refractivity contribution is 0.0696. The molecular weight excluding hydrogens is 360 g/mol. The molecule has 1 aromatic heterocycles. The van der Waals surface area contributed by atoms with Crippen LogP contribution in [-0.4, -0.2) is 31.6 Å². The molecule has 0 spiro atoms. The van der Waals surface area contributed by atoms with Gasteiger partial charge in [0, 0.05) is 23.3 Å². The fraction of sp³-hybridized carbons (Fsp3) is 0.353. The molecule has 2 aromatic rings. The van der Waals surface area contributed by atoms with Gasteiger partial charge in [-0.25, -0.2) is 18.4 Å². The summed E-state index contributed by atoms with van der Waals surface area (Å²) >= 11 is 1.45. The molecule has 8 heteroatoms. The molecule has 134 valence electrons. The number of nitrogens with zero attached hydrogens (tertiary/aromatic N) is 1. The number of hydrogen-bond donors (Lipinski definition) is 2. The van der Waals surface area contributed by atoms with Crippen LogP contribution in [-0.2, 0) is 10.0 Å². The number of carboxylic acid groups (broad SMARTS) is 1. The van der Waals surface area contributed by atoms with Gasteiger partial charge in [0.15, 0.2) is 0 Å². The van der Waals surface area contributed by atoms with Crippen molar-refractivity contribution in [2.24, 2.45) is 5.14 Å². The maximum atomic E-state index is 12.2. The van der Waals surface area contributed by atoms with Crippen molar-refractivity contribution in [1.29, 1.82) is 0 Å². The summed E-state index contributed by atoms with van der Waals surface area (Å²) in [7, 11) is -4.09. The zero-order chi connectivity index (χ0) is 18.4. The van der Waals surface area contributed by atoms with Crippen LogP contribution in [0.5, 0.6) is 0 Å². The first-order valence-corrected chi connectivity index (χ1v) is 10.4. The summed E-state index contributed by atoms with van der Waals surface area (Å²) in [4.78, 5) is 13.5. The number of aromatic carboxylic acids is 1. The van der Waals surface area contributed by atoms with Gasteiger partial charge in [0.05, 0.1) is 10.5 Å². The fourth-order valence-corrected chi connectivity index (χ4v) is 4.96. The van der Waals surface area contributed by atoms with Gasteiger partial charge in [-0.1, -0.05) is 0 Å². The van der Waals surface area contributed by atoms with E-state index in [9.17, 15) is 18.3 Å². The first kappa shape index (κ1) is 17.9. The largest absolute Gasteiger partial charge is 0.478 e. The van der Waals surface area contributed by atoms with E-state index in [4.69, 9.17) is 5.14 Å². The highest BCUT2D eigenvalue weighted by Crippen LogP contribution is 2.42. The van der Waals surface area contributed by atoms with E-state index in [1.165, 1.54) is 11.3 Å². The van der Waals surface area contributed by atoms with Gasteiger partial charge in [0.25, 0.3) is 0 Å². The molecule has 0 aliphatic carbocycles.